The van der Waals surface area contributed by atoms with Crippen LogP contribution in [0, 0.1) is 0 Å². The third kappa shape index (κ3) is 2.81. The van der Waals surface area contributed by atoms with E-state index >= 15 is 0 Å². The van der Waals surface area contributed by atoms with Gasteiger partial charge in [-0.3, -0.25) is 0 Å². The topological polar surface area (TPSA) is 22.1 Å². The van der Waals surface area contributed by atoms with Crippen molar-refractivity contribution in [2.24, 2.45) is 0 Å². The molecule has 3 aromatic rings. The van der Waals surface area contributed by atoms with E-state index in [1.54, 1.807) is 0 Å². The summed E-state index contributed by atoms with van der Waals surface area (Å²) >= 11 is 0. The van der Waals surface area contributed by atoms with Crippen LogP contribution in [-0.2, 0) is 4.74 Å². The van der Waals surface area contributed by atoms with E-state index in [1.807, 2.05) is 37.3 Å². The summed E-state index contributed by atoms with van der Waals surface area (Å²) in [7, 11) is 0. The zero-order chi connectivity index (χ0) is 14.7. The number of hydrogen-bond donors (Lipinski definition) is 0. The first-order chi connectivity index (χ1) is 10.3. The van der Waals surface area contributed by atoms with Gasteiger partial charge >= 0.3 is 0 Å². The molecule has 0 spiro atoms. The molecule has 3 rings (SSSR count). The molecule has 1 atom stereocenters. The zero-order valence-electron chi connectivity index (χ0n) is 12.4. The maximum Gasteiger partial charge on any atom is 0.0803 e. The van der Waals surface area contributed by atoms with Gasteiger partial charge in [-0.15, -0.1) is 0 Å². The highest BCUT2D eigenvalue weighted by molar-refractivity contribution is 5.85. The maximum absolute atomic E-state index is 5.80. The molecule has 0 bridgehead atoms. The third-order valence-corrected chi connectivity index (χ3v) is 3.67. The van der Waals surface area contributed by atoms with Crippen molar-refractivity contribution >= 4 is 10.9 Å². The standard InChI is InChI=1S/C19H19NO/c1-3-21-14(2)17-13-19(15-9-5-4-6-10-15)20-18-12-8-7-11-16(17)18/h4-14H,3H2,1-2H3/t14-/m0/s1. The summed E-state index contributed by atoms with van der Waals surface area (Å²) in [5, 5.41) is 1.16. The zero-order valence-corrected chi connectivity index (χ0v) is 12.4. The second-order valence-corrected chi connectivity index (χ2v) is 5.08. The number of rotatable bonds is 4. The van der Waals surface area contributed by atoms with Crippen LogP contribution >= 0.6 is 0 Å². The van der Waals surface area contributed by atoms with Crippen LogP contribution in [0.25, 0.3) is 22.2 Å². The largest absolute Gasteiger partial charge is 0.374 e. The van der Waals surface area contributed by atoms with Crippen LogP contribution in [-0.4, -0.2) is 11.6 Å². The molecule has 0 amide bonds. The van der Waals surface area contributed by atoms with Gasteiger partial charge in [0.05, 0.1) is 17.3 Å². The van der Waals surface area contributed by atoms with Gasteiger partial charge in [-0.25, -0.2) is 4.98 Å². The monoisotopic (exact) mass is 277 g/mol. The first-order valence-corrected chi connectivity index (χ1v) is 7.36. The minimum atomic E-state index is 0.0605. The third-order valence-electron chi connectivity index (χ3n) is 3.67. The van der Waals surface area contributed by atoms with Crippen molar-refractivity contribution in [2.45, 2.75) is 20.0 Å². The van der Waals surface area contributed by atoms with Gasteiger partial charge in [0, 0.05) is 17.6 Å². The Labute approximate surface area is 125 Å². The molecule has 1 heterocycles. The van der Waals surface area contributed by atoms with Gasteiger partial charge in [0.15, 0.2) is 0 Å². The molecular formula is C19H19NO. The van der Waals surface area contributed by atoms with Crippen molar-refractivity contribution in [1.82, 2.24) is 4.98 Å². The molecule has 0 aliphatic carbocycles. The molecule has 21 heavy (non-hydrogen) atoms. The molecule has 0 N–H and O–H groups in total. The van der Waals surface area contributed by atoms with E-state index in [4.69, 9.17) is 9.72 Å². The van der Waals surface area contributed by atoms with Crippen LogP contribution in [0.2, 0.25) is 0 Å². The summed E-state index contributed by atoms with van der Waals surface area (Å²) in [4.78, 5) is 4.79. The van der Waals surface area contributed by atoms with E-state index in [-0.39, 0.29) is 6.10 Å². The van der Waals surface area contributed by atoms with Crippen molar-refractivity contribution in [3.8, 4) is 11.3 Å². The summed E-state index contributed by atoms with van der Waals surface area (Å²) in [5.41, 5.74) is 4.34. The lowest BCUT2D eigenvalue weighted by Crippen LogP contribution is -2.02. The van der Waals surface area contributed by atoms with Gasteiger partial charge in [-0.1, -0.05) is 48.5 Å². The lowest BCUT2D eigenvalue weighted by molar-refractivity contribution is 0.0774. The Morgan fingerprint density at radius 2 is 1.71 bits per heavy atom. The van der Waals surface area contributed by atoms with Crippen LogP contribution in [0.3, 0.4) is 0 Å². The molecule has 2 aromatic carbocycles. The summed E-state index contributed by atoms with van der Waals surface area (Å²) in [6.07, 6.45) is 0.0605. The Morgan fingerprint density at radius 3 is 2.48 bits per heavy atom. The normalized spacial score (nSPS) is 12.5. The molecular weight excluding hydrogens is 258 g/mol. The number of para-hydroxylation sites is 1. The number of pyridine rings is 1. The fraction of sp³-hybridized carbons (Fsp3) is 0.211. The van der Waals surface area contributed by atoms with E-state index in [9.17, 15) is 0 Å². The van der Waals surface area contributed by atoms with E-state index in [0.717, 1.165) is 22.2 Å². The number of benzene rings is 2. The number of nitrogens with zero attached hydrogens (tertiary/aromatic N) is 1. The molecule has 0 aliphatic rings. The van der Waals surface area contributed by atoms with Gasteiger partial charge < -0.3 is 4.74 Å². The number of hydrogen-bond acceptors (Lipinski definition) is 2. The van der Waals surface area contributed by atoms with Crippen LogP contribution in [0.1, 0.15) is 25.5 Å². The Balaban J connectivity index is 2.19. The molecule has 0 saturated heterocycles. The molecule has 0 unspecified atom stereocenters. The van der Waals surface area contributed by atoms with E-state index in [1.165, 1.54) is 5.56 Å². The van der Waals surface area contributed by atoms with Crippen LogP contribution in [0.5, 0.6) is 0 Å². The summed E-state index contributed by atoms with van der Waals surface area (Å²) in [5.74, 6) is 0. The smallest absolute Gasteiger partial charge is 0.0803 e. The molecule has 0 fully saturated rings. The quantitative estimate of drug-likeness (QED) is 0.669. The van der Waals surface area contributed by atoms with Gasteiger partial charge in [0.1, 0.15) is 0 Å². The molecule has 0 aliphatic heterocycles. The van der Waals surface area contributed by atoms with Crippen molar-refractivity contribution in [2.75, 3.05) is 6.61 Å². The lowest BCUT2D eigenvalue weighted by atomic mass is 10.0. The Kier molecular flexibility index (Phi) is 3.98. The SMILES string of the molecule is CCO[C@@H](C)c1cc(-c2ccccc2)nc2ccccc12. The van der Waals surface area contributed by atoms with Gasteiger partial charge in [0.2, 0.25) is 0 Å². The number of ether oxygens (including phenoxy) is 1. The van der Waals surface area contributed by atoms with Crippen molar-refractivity contribution in [3.05, 3.63) is 66.2 Å². The van der Waals surface area contributed by atoms with Gasteiger partial charge in [-0.05, 0) is 31.5 Å². The molecule has 106 valence electrons. The molecule has 2 nitrogen and oxygen atoms in total. The lowest BCUT2D eigenvalue weighted by Gasteiger charge is -2.16. The Hall–Kier alpha value is -2.19. The molecule has 1 aromatic heterocycles. The number of fused-ring (bicyclic) bond motifs is 1. The highest BCUT2D eigenvalue weighted by atomic mass is 16.5. The number of aromatic nitrogens is 1. The van der Waals surface area contributed by atoms with E-state index < -0.39 is 0 Å². The minimum absolute atomic E-state index is 0.0605. The Morgan fingerprint density at radius 1 is 1.00 bits per heavy atom. The fourth-order valence-corrected chi connectivity index (χ4v) is 2.64. The fourth-order valence-electron chi connectivity index (χ4n) is 2.64. The highest BCUT2D eigenvalue weighted by Crippen LogP contribution is 2.30. The average molecular weight is 277 g/mol. The second kappa shape index (κ2) is 6.06. The van der Waals surface area contributed by atoms with Crippen LogP contribution in [0.4, 0.5) is 0 Å². The summed E-state index contributed by atoms with van der Waals surface area (Å²) < 4.78 is 5.80. The van der Waals surface area contributed by atoms with Crippen LogP contribution < -0.4 is 0 Å². The van der Waals surface area contributed by atoms with Crippen molar-refractivity contribution < 1.29 is 4.74 Å². The predicted molar refractivity (Wildman–Crippen MR) is 87.2 cm³/mol. The van der Waals surface area contributed by atoms with Crippen molar-refractivity contribution in [3.63, 3.8) is 0 Å². The Bertz CT molecular complexity index is 737. The molecule has 0 radical (unpaired) electrons. The maximum atomic E-state index is 5.80. The summed E-state index contributed by atoms with van der Waals surface area (Å²) in [6.45, 7) is 4.83. The first-order valence-electron chi connectivity index (χ1n) is 7.36. The van der Waals surface area contributed by atoms with Crippen LogP contribution in [0.15, 0.2) is 60.7 Å². The predicted octanol–water partition coefficient (Wildman–Crippen LogP) is 5.00. The van der Waals surface area contributed by atoms with Gasteiger partial charge in [0.25, 0.3) is 0 Å². The van der Waals surface area contributed by atoms with E-state index in [2.05, 4.69) is 37.3 Å². The van der Waals surface area contributed by atoms with E-state index in [0.29, 0.717) is 6.61 Å². The molecule has 0 saturated carbocycles. The summed E-state index contributed by atoms with van der Waals surface area (Å²) in [6, 6.07) is 20.7. The second-order valence-electron chi connectivity index (χ2n) is 5.08. The average Bonchev–Trinajstić information content (AvgIpc) is 2.55. The van der Waals surface area contributed by atoms with Gasteiger partial charge in [-0.2, -0.15) is 0 Å². The van der Waals surface area contributed by atoms with Crippen molar-refractivity contribution in [1.29, 1.82) is 0 Å². The highest BCUT2D eigenvalue weighted by Gasteiger charge is 2.12. The molecule has 2 heteroatoms. The minimum Gasteiger partial charge on any atom is -0.374 e. The first kappa shape index (κ1) is 13.8.